The molecule has 0 atom stereocenters. The van der Waals surface area contributed by atoms with E-state index in [9.17, 15) is 16.8 Å². The quantitative estimate of drug-likeness (QED) is 0.357. The third-order valence-electron chi connectivity index (χ3n) is 1.06. The number of nitrogens with one attached hydrogen (secondary N) is 2. The third kappa shape index (κ3) is 3.17. The predicted molar refractivity (Wildman–Crippen MR) is 46.6 cm³/mol. The van der Waals surface area contributed by atoms with Crippen LogP contribution in [0.2, 0.25) is 0 Å². The minimum atomic E-state index is -4.17. The van der Waals surface area contributed by atoms with Gasteiger partial charge in [-0.3, -0.25) is 0 Å². The lowest BCUT2D eigenvalue weighted by molar-refractivity contribution is 0.493. The van der Waals surface area contributed by atoms with E-state index in [1.54, 1.807) is 4.72 Å². The molecule has 0 aromatic heterocycles. The molecule has 0 unspecified atom stereocenters. The summed E-state index contributed by atoms with van der Waals surface area (Å²) in [4.78, 5) is 0. The Morgan fingerprint density at radius 2 is 1.69 bits per heavy atom. The van der Waals surface area contributed by atoms with Crippen LogP contribution in [0.1, 0.15) is 6.92 Å². The van der Waals surface area contributed by atoms with Gasteiger partial charge in [-0.15, -0.1) is 0 Å². The van der Waals surface area contributed by atoms with Gasteiger partial charge in [0, 0.05) is 13.6 Å². The molecule has 0 bridgehead atoms. The highest BCUT2D eigenvalue weighted by Crippen LogP contribution is 1.95. The number of hydrogen-bond donors (Lipinski definition) is 3. The van der Waals surface area contributed by atoms with Crippen molar-refractivity contribution in [1.29, 1.82) is 0 Å². The lowest BCUT2D eigenvalue weighted by atomic mass is 10.8. The van der Waals surface area contributed by atoms with Gasteiger partial charge in [0.05, 0.1) is 0 Å². The number of nitrogens with two attached hydrogens (primary N) is 1. The maximum absolute atomic E-state index is 11.0. The fourth-order valence-electron chi connectivity index (χ4n) is 0.465. The van der Waals surface area contributed by atoms with Crippen molar-refractivity contribution in [2.75, 3.05) is 13.6 Å². The summed E-state index contributed by atoms with van der Waals surface area (Å²) in [7, 11) is -7.28. The molecule has 13 heavy (non-hydrogen) atoms. The van der Waals surface area contributed by atoms with Gasteiger partial charge in [-0.1, -0.05) is 6.92 Å². The number of rotatable bonds is 5. The SMILES string of the molecule is CCNS(=O)(=O)N(N)S(=O)(=O)NC. The van der Waals surface area contributed by atoms with E-state index >= 15 is 0 Å². The lowest BCUT2D eigenvalue weighted by Gasteiger charge is -2.15. The van der Waals surface area contributed by atoms with Gasteiger partial charge in [0.15, 0.2) is 0 Å². The second kappa shape index (κ2) is 4.30. The van der Waals surface area contributed by atoms with E-state index in [1.165, 1.54) is 6.92 Å². The zero-order chi connectivity index (χ0) is 10.7. The van der Waals surface area contributed by atoms with Crippen LogP contribution < -0.4 is 15.3 Å². The second-order valence-electron chi connectivity index (χ2n) is 1.94. The summed E-state index contributed by atoms with van der Waals surface area (Å²) in [6, 6.07) is 0. The fraction of sp³-hybridized carbons (Fsp3) is 1.00. The molecule has 0 saturated carbocycles. The van der Waals surface area contributed by atoms with Gasteiger partial charge >= 0.3 is 20.4 Å². The largest absolute Gasteiger partial charge is 0.307 e. The topological polar surface area (TPSA) is 122 Å². The van der Waals surface area contributed by atoms with Crippen molar-refractivity contribution in [2.45, 2.75) is 6.92 Å². The van der Waals surface area contributed by atoms with E-state index < -0.39 is 20.4 Å². The molecule has 80 valence electrons. The summed E-state index contributed by atoms with van der Waals surface area (Å²) in [5.74, 6) is 4.86. The molecule has 0 aliphatic carbocycles. The normalized spacial score (nSPS) is 13.5. The maximum atomic E-state index is 11.0. The van der Waals surface area contributed by atoms with E-state index in [0.717, 1.165) is 7.05 Å². The highest BCUT2D eigenvalue weighted by molar-refractivity contribution is 8.02. The minimum Gasteiger partial charge on any atom is -0.238 e. The van der Waals surface area contributed by atoms with Gasteiger partial charge in [-0.05, 0) is 3.82 Å². The molecule has 0 aliphatic heterocycles. The molecular weight excluding hydrogens is 220 g/mol. The van der Waals surface area contributed by atoms with Crippen molar-refractivity contribution >= 4 is 20.4 Å². The Morgan fingerprint density at radius 1 is 1.23 bits per heavy atom. The Hall–Kier alpha value is -0.260. The van der Waals surface area contributed by atoms with Crippen LogP contribution in [0.5, 0.6) is 0 Å². The molecule has 0 aromatic rings. The first-order chi connectivity index (χ1) is 5.78. The predicted octanol–water partition coefficient (Wildman–Crippen LogP) is -2.52. The smallest absolute Gasteiger partial charge is 0.238 e. The van der Waals surface area contributed by atoms with Crippen molar-refractivity contribution in [3.05, 3.63) is 0 Å². The van der Waals surface area contributed by atoms with Crippen LogP contribution in [0.15, 0.2) is 0 Å². The summed E-state index contributed by atoms with van der Waals surface area (Å²) >= 11 is 0. The van der Waals surface area contributed by atoms with Gasteiger partial charge in [0.2, 0.25) is 0 Å². The van der Waals surface area contributed by atoms with E-state index in [-0.39, 0.29) is 10.4 Å². The standard InChI is InChI=1S/C3H12N4O4S2/c1-3-6-13(10,11)7(4)12(8,9)5-2/h5-6H,3-4H2,1-2H3. The molecule has 10 heteroatoms. The molecular formula is C3H12N4O4S2. The highest BCUT2D eigenvalue weighted by atomic mass is 32.3. The molecule has 0 fully saturated rings. The Labute approximate surface area is 77.4 Å². The van der Waals surface area contributed by atoms with E-state index in [1.807, 2.05) is 4.72 Å². The zero-order valence-electron chi connectivity index (χ0n) is 7.18. The molecule has 0 spiro atoms. The van der Waals surface area contributed by atoms with Crippen molar-refractivity contribution in [1.82, 2.24) is 13.3 Å². The Morgan fingerprint density at radius 3 is 2.00 bits per heavy atom. The number of hydrogen-bond acceptors (Lipinski definition) is 5. The average molecular weight is 232 g/mol. The third-order valence-corrected chi connectivity index (χ3v) is 4.35. The van der Waals surface area contributed by atoms with Crippen molar-refractivity contribution in [2.24, 2.45) is 5.84 Å². The molecule has 0 radical (unpaired) electrons. The summed E-state index contributed by atoms with van der Waals surface area (Å²) in [5.41, 5.74) is 0. The Bertz CT molecular complexity index is 346. The molecule has 8 nitrogen and oxygen atoms in total. The van der Waals surface area contributed by atoms with E-state index in [4.69, 9.17) is 5.84 Å². The Kier molecular flexibility index (Phi) is 4.22. The van der Waals surface area contributed by atoms with Gasteiger partial charge in [0.1, 0.15) is 0 Å². The second-order valence-corrected chi connectivity index (χ2v) is 5.55. The minimum absolute atomic E-state index is 0.0509. The molecule has 0 aromatic carbocycles. The van der Waals surface area contributed by atoms with Gasteiger partial charge in [-0.25, -0.2) is 15.3 Å². The fourth-order valence-corrected chi connectivity index (χ4v) is 2.55. The average Bonchev–Trinajstić information content (AvgIpc) is 2.03. The number of nitrogens with zero attached hydrogens (tertiary/aromatic N) is 1. The maximum Gasteiger partial charge on any atom is 0.307 e. The lowest BCUT2D eigenvalue weighted by Crippen LogP contribution is -2.52. The van der Waals surface area contributed by atoms with Gasteiger partial charge < -0.3 is 0 Å². The van der Waals surface area contributed by atoms with Gasteiger partial charge in [-0.2, -0.15) is 16.8 Å². The molecule has 0 rings (SSSR count). The number of hydrazine groups is 1. The van der Waals surface area contributed by atoms with Crippen LogP contribution in [0.25, 0.3) is 0 Å². The zero-order valence-corrected chi connectivity index (χ0v) is 8.81. The first kappa shape index (κ1) is 12.7. The molecule has 0 aliphatic rings. The van der Waals surface area contributed by atoms with Crippen LogP contribution in [-0.4, -0.2) is 34.2 Å². The summed E-state index contributed by atoms with van der Waals surface area (Å²) < 4.78 is 47.2. The molecule has 0 heterocycles. The highest BCUT2D eigenvalue weighted by Gasteiger charge is 2.28. The van der Waals surface area contributed by atoms with E-state index in [0.29, 0.717) is 0 Å². The van der Waals surface area contributed by atoms with Crippen molar-refractivity contribution in [3.63, 3.8) is 0 Å². The summed E-state index contributed by atoms with van der Waals surface area (Å²) in [6.07, 6.45) is 0. The summed E-state index contributed by atoms with van der Waals surface area (Å²) in [5, 5.41) is 0. The first-order valence-corrected chi connectivity index (χ1v) is 6.14. The van der Waals surface area contributed by atoms with Gasteiger partial charge in [0.25, 0.3) is 0 Å². The van der Waals surface area contributed by atoms with Crippen LogP contribution in [-0.2, 0) is 20.4 Å². The van der Waals surface area contributed by atoms with Crippen molar-refractivity contribution in [3.8, 4) is 0 Å². The first-order valence-electron chi connectivity index (χ1n) is 3.26. The van der Waals surface area contributed by atoms with Crippen LogP contribution in [0.4, 0.5) is 0 Å². The van der Waals surface area contributed by atoms with Crippen LogP contribution >= 0.6 is 0 Å². The summed E-state index contributed by atoms with van der Waals surface area (Å²) in [6.45, 7) is 1.55. The van der Waals surface area contributed by atoms with Crippen molar-refractivity contribution < 1.29 is 16.8 Å². The van der Waals surface area contributed by atoms with Crippen LogP contribution in [0, 0.1) is 0 Å². The molecule has 4 N–H and O–H groups in total. The Balaban J connectivity index is 4.91. The van der Waals surface area contributed by atoms with E-state index in [2.05, 4.69) is 0 Å². The monoisotopic (exact) mass is 232 g/mol. The van der Waals surface area contributed by atoms with Crippen LogP contribution in [0.3, 0.4) is 0 Å². The molecule has 0 saturated heterocycles. The molecule has 0 amide bonds.